The highest BCUT2D eigenvalue weighted by Crippen LogP contribution is 2.26. The van der Waals surface area contributed by atoms with E-state index < -0.39 is 0 Å². The number of hydrogen-bond donors (Lipinski definition) is 1. The van der Waals surface area contributed by atoms with Gasteiger partial charge in [-0.1, -0.05) is 30.3 Å². The molecule has 1 amide bonds. The molecule has 1 N–H and O–H groups in total. The van der Waals surface area contributed by atoms with Crippen LogP contribution >= 0.6 is 11.3 Å². The minimum atomic E-state index is -0.195. The molecule has 0 aliphatic rings. The number of rotatable bonds is 6. The average Bonchev–Trinajstić information content (AvgIpc) is 3.01. The number of nitrogens with zero attached hydrogens (tertiary/aromatic N) is 2. The van der Waals surface area contributed by atoms with Crippen molar-refractivity contribution in [3.63, 3.8) is 0 Å². The predicted molar refractivity (Wildman–Crippen MR) is 101 cm³/mol. The molecule has 0 saturated heterocycles. The van der Waals surface area contributed by atoms with E-state index in [1.807, 2.05) is 55.6 Å². The molecule has 0 aliphatic carbocycles. The molecule has 0 unspecified atom stereocenters. The molecule has 0 atom stereocenters. The van der Waals surface area contributed by atoms with Crippen molar-refractivity contribution in [2.24, 2.45) is 5.10 Å². The predicted octanol–water partition coefficient (Wildman–Crippen LogP) is 3.70. The van der Waals surface area contributed by atoms with E-state index in [9.17, 15) is 4.79 Å². The van der Waals surface area contributed by atoms with Crippen LogP contribution in [0.2, 0.25) is 0 Å². The van der Waals surface area contributed by atoms with Gasteiger partial charge in [0.25, 0.3) is 0 Å². The number of hydrazone groups is 1. The quantitative estimate of drug-likeness (QED) is 0.543. The Morgan fingerprint density at radius 1 is 1.32 bits per heavy atom. The van der Waals surface area contributed by atoms with Gasteiger partial charge in [0.2, 0.25) is 5.91 Å². The topological polar surface area (TPSA) is 63.6 Å². The van der Waals surface area contributed by atoms with Crippen LogP contribution < -0.4 is 10.2 Å². The normalized spacial score (nSPS) is 11.1. The Balaban J connectivity index is 1.77. The third kappa shape index (κ3) is 4.22. The summed E-state index contributed by atoms with van der Waals surface area (Å²) in [6, 6.07) is 11.9. The summed E-state index contributed by atoms with van der Waals surface area (Å²) in [5.74, 6) is 0.550. The molecule has 0 bridgehead atoms. The highest BCUT2D eigenvalue weighted by molar-refractivity contribution is 7.09. The number of aryl methyl sites for hydroxylation is 1. The van der Waals surface area contributed by atoms with Crippen LogP contribution in [0.5, 0.6) is 5.75 Å². The zero-order valence-electron chi connectivity index (χ0n) is 14.2. The van der Waals surface area contributed by atoms with E-state index in [1.165, 1.54) is 11.3 Å². The smallest absolute Gasteiger partial charge is 0.246 e. The maximum Gasteiger partial charge on any atom is 0.246 e. The van der Waals surface area contributed by atoms with Crippen molar-refractivity contribution in [1.82, 2.24) is 10.4 Å². The summed E-state index contributed by atoms with van der Waals surface area (Å²) >= 11 is 1.53. The van der Waals surface area contributed by atoms with Gasteiger partial charge in [-0.15, -0.1) is 11.3 Å². The molecule has 5 nitrogen and oxygen atoms in total. The van der Waals surface area contributed by atoms with Gasteiger partial charge in [0.1, 0.15) is 5.75 Å². The number of ether oxygens (including phenoxy) is 1. The minimum absolute atomic E-state index is 0.195. The van der Waals surface area contributed by atoms with Crippen LogP contribution in [-0.4, -0.2) is 23.7 Å². The number of carbonyl (C=O) groups excluding carboxylic acids is 1. The van der Waals surface area contributed by atoms with Gasteiger partial charge in [-0.2, -0.15) is 5.10 Å². The van der Waals surface area contributed by atoms with E-state index >= 15 is 0 Å². The Morgan fingerprint density at radius 2 is 2.16 bits per heavy atom. The number of carbonyl (C=O) groups is 1. The highest BCUT2D eigenvalue weighted by Gasteiger charge is 2.08. The lowest BCUT2D eigenvalue weighted by Gasteiger charge is -2.10. The van der Waals surface area contributed by atoms with Gasteiger partial charge in [-0.3, -0.25) is 4.79 Å². The minimum Gasteiger partial charge on any atom is -0.493 e. The molecule has 0 fully saturated rings. The average molecular weight is 353 g/mol. The Bertz CT molecular complexity index is 918. The van der Waals surface area contributed by atoms with Gasteiger partial charge in [0.15, 0.2) is 0 Å². The van der Waals surface area contributed by atoms with Crippen LogP contribution in [0.1, 0.15) is 23.2 Å². The van der Waals surface area contributed by atoms with Crippen molar-refractivity contribution < 1.29 is 9.53 Å². The zero-order valence-corrected chi connectivity index (χ0v) is 15.0. The lowest BCUT2D eigenvalue weighted by atomic mass is 10.0. The first-order valence-electron chi connectivity index (χ1n) is 8.05. The van der Waals surface area contributed by atoms with Crippen LogP contribution in [-0.2, 0) is 11.2 Å². The number of thiazole rings is 1. The van der Waals surface area contributed by atoms with Crippen LogP contribution in [0.3, 0.4) is 0 Å². The second kappa shape index (κ2) is 7.90. The van der Waals surface area contributed by atoms with Crippen molar-refractivity contribution in [1.29, 1.82) is 0 Å². The third-order valence-electron chi connectivity index (χ3n) is 3.62. The molecule has 1 heterocycles. The Hall–Kier alpha value is -2.73. The fourth-order valence-corrected chi connectivity index (χ4v) is 3.16. The molecule has 25 heavy (non-hydrogen) atoms. The van der Waals surface area contributed by atoms with E-state index in [4.69, 9.17) is 4.74 Å². The standard InChI is InChI=1S/C19H19N3O2S/c1-3-24-18-9-8-14-6-4-5-7-16(14)17(18)11-20-22-19(23)10-15-12-25-13(2)21-15/h4-9,11-12H,3,10H2,1-2H3,(H,22,23)/b20-11-. The summed E-state index contributed by atoms with van der Waals surface area (Å²) in [6.45, 7) is 4.42. The second-order valence-electron chi connectivity index (χ2n) is 5.46. The fourth-order valence-electron chi connectivity index (χ4n) is 2.55. The molecule has 0 spiro atoms. The first kappa shape index (κ1) is 17.1. The number of fused-ring (bicyclic) bond motifs is 1. The van der Waals surface area contributed by atoms with Gasteiger partial charge in [-0.25, -0.2) is 10.4 Å². The largest absolute Gasteiger partial charge is 0.493 e. The third-order valence-corrected chi connectivity index (χ3v) is 4.44. The van der Waals surface area contributed by atoms with Gasteiger partial charge < -0.3 is 4.74 Å². The van der Waals surface area contributed by atoms with Crippen LogP contribution in [0.15, 0.2) is 46.9 Å². The first-order valence-corrected chi connectivity index (χ1v) is 8.93. The summed E-state index contributed by atoms with van der Waals surface area (Å²) < 4.78 is 5.69. The van der Waals surface area contributed by atoms with Crippen molar-refractivity contribution in [3.8, 4) is 5.75 Å². The van der Waals surface area contributed by atoms with E-state index in [1.54, 1.807) is 6.21 Å². The second-order valence-corrected chi connectivity index (χ2v) is 6.52. The number of benzene rings is 2. The summed E-state index contributed by atoms with van der Waals surface area (Å²) in [5, 5.41) is 9.07. The Morgan fingerprint density at radius 3 is 2.92 bits per heavy atom. The zero-order chi connectivity index (χ0) is 17.6. The molecule has 3 rings (SSSR count). The molecule has 1 aromatic heterocycles. The van der Waals surface area contributed by atoms with E-state index in [2.05, 4.69) is 15.5 Å². The monoisotopic (exact) mass is 353 g/mol. The van der Waals surface area contributed by atoms with Crippen molar-refractivity contribution in [2.75, 3.05) is 6.61 Å². The molecule has 0 saturated carbocycles. The van der Waals surface area contributed by atoms with Gasteiger partial charge in [0.05, 0.1) is 29.9 Å². The molecular formula is C19H19N3O2S. The highest BCUT2D eigenvalue weighted by atomic mass is 32.1. The maximum absolute atomic E-state index is 12.0. The van der Waals surface area contributed by atoms with Crippen LogP contribution in [0.25, 0.3) is 10.8 Å². The lowest BCUT2D eigenvalue weighted by molar-refractivity contribution is -0.120. The molecule has 0 radical (unpaired) electrons. The van der Waals surface area contributed by atoms with Crippen molar-refractivity contribution >= 4 is 34.2 Å². The Kier molecular flexibility index (Phi) is 5.40. The van der Waals surface area contributed by atoms with Gasteiger partial charge >= 0.3 is 0 Å². The van der Waals surface area contributed by atoms with Gasteiger partial charge in [0, 0.05) is 10.9 Å². The maximum atomic E-state index is 12.0. The van der Waals surface area contributed by atoms with Crippen molar-refractivity contribution in [2.45, 2.75) is 20.3 Å². The van der Waals surface area contributed by atoms with Crippen LogP contribution in [0, 0.1) is 6.92 Å². The first-order chi connectivity index (χ1) is 12.2. The van der Waals surface area contributed by atoms with E-state index in [0.717, 1.165) is 32.8 Å². The summed E-state index contributed by atoms with van der Waals surface area (Å²) in [4.78, 5) is 16.3. The van der Waals surface area contributed by atoms with E-state index in [-0.39, 0.29) is 12.3 Å². The SMILES string of the molecule is CCOc1ccc2ccccc2c1/C=N\NC(=O)Cc1csc(C)n1. The van der Waals surface area contributed by atoms with Crippen molar-refractivity contribution in [3.05, 3.63) is 58.0 Å². The number of hydrogen-bond acceptors (Lipinski definition) is 5. The number of aromatic nitrogens is 1. The number of nitrogens with one attached hydrogen (secondary N) is 1. The summed E-state index contributed by atoms with van der Waals surface area (Å²) in [6.07, 6.45) is 1.85. The summed E-state index contributed by atoms with van der Waals surface area (Å²) in [7, 11) is 0. The number of amides is 1. The molecule has 3 aromatic rings. The van der Waals surface area contributed by atoms with E-state index in [0.29, 0.717) is 6.61 Å². The fraction of sp³-hybridized carbons (Fsp3) is 0.211. The summed E-state index contributed by atoms with van der Waals surface area (Å²) in [5.41, 5.74) is 4.17. The lowest BCUT2D eigenvalue weighted by Crippen LogP contribution is -2.20. The molecular weight excluding hydrogens is 334 g/mol. The molecule has 2 aromatic carbocycles. The molecule has 128 valence electrons. The van der Waals surface area contributed by atoms with Gasteiger partial charge in [-0.05, 0) is 30.7 Å². The molecule has 6 heteroatoms. The van der Waals surface area contributed by atoms with Crippen LogP contribution in [0.4, 0.5) is 0 Å². The Labute approximate surface area is 150 Å². The molecule has 0 aliphatic heterocycles.